The van der Waals surface area contributed by atoms with E-state index in [1.807, 2.05) is 6.07 Å². The highest BCUT2D eigenvalue weighted by Crippen LogP contribution is 2.27. The Bertz CT molecular complexity index is 751. The molecule has 1 saturated heterocycles. The van der Waals surface area contributed by atoms with Crippen LogP contribution >= 0.6 is 0 Å². The van der Waals surface area contributed by atoms with Crippen LogP contribution in [0.25, 0.3) is 0 Å². The molecule has 0 amide bonds. The predicted molar refractivity (Wildman–Crippen MR) is 90.4 cm³/mol. The molecule has 1 heterocycles. The van der Waals surface area contributed by atoms with Gasteiger partial charge in [0.2, 0.25) is 0 Å². The van der Waals surface area contributed by atoms with E-state index in [9.17, 15) is 13.6 Å². The van der Waals surface area contributed by atoms with E-state index >= 15 is 0 Å². The second kappa shape index (κ2) is 8.25. The van der Waals surface area contributed by atoms with Crippen LogP contribution in [0.1, 0.15) is 27.6 Å². The van der Waals surface area contributed by atoms with Crippen LogP contribution < -0.4 is 4.74 Å². The van der Waals surface area contributed by atoms with Gasteiger partial charge in [-0.1, -0.05) is 24.3 Å². The maximum Gasteiger partial charge on any atom is 0.387 e. The number of carboxylic acids is 1. The highest BCUT2D eigenvalue weighted by atomic mass is 19.3. The molecule has 26 heavy (non-hydrogen) atoms. The molecule has 0 aromatic heterocycles. The first-order valence-corrected chi connectivity index (χ1v) is 8.22. The number of carbonyl (C=O) groups is 1. The van der Waals surface area contributed by atoms with Crippen LogP contribution in [0, 0.1) is 0 Å². The fraction of sp³-hybridized carbons (Fsp3) is 0.316. The normalized spacial score (nSPS) is 18.0. The molecular weight excluding hydrogens is 344 g/mol. The van der Waals surface area contributed by atoms with Crippen molar-refractivity contribution in [3.05, 3.63) is 65.2 Å². The zero-order valence-electron chi connectivity index (χ0n) is 14.0. The van der Waals surface area contributed by atoms with E-state index in [2.05, 4.69) is 9.64 Å². The van der Waals surface area contributed by atoms with Gasteiger partial charge in [0, 0.05) is 19.6 Å². The Morgan fingerprint density at radius 2 is 2.04 bits per heavy atom. The molecule has 138 valence electrons. The minimum atomic E-state index is -2.86. The van der Waals surface area contributed by atoms with E-state index in [1.165, 1.54) is 6.07 Å². The lowest BCUT2D eigenvalue weighted by Gasteiger charge is -2.33. The van der Waals surface area contributed by atoms with Crippen molar-refractivity contribution >= 4 is 5.97 Å². The molecule has 1 atom stereocenters. The lowest BCUT2D eigenvalue weighted by atomic mass is 10.1. The third-order valence-corrected chi connectivity index (χ3v) is 4.21. The van der Waals surface area contributed by atoms with Gasteiger partial charge in [0.1, 0.15) is 5.75 Å². The van der Waals surface area contributed by atoms with Crippen LogP contribution in [0.2, 0.25) is 0 Å². The molecule has 1 aliphatic heterocycles. The summed E-state index contributed by atoms with van der Waals surface area (Å²) < 4.78 is 35.0. The first-order valence-electron chi connectivity index (χ1n) is 8.22. The van der Waals surface area contributed by atoms with Crippen molar-refractivity contribution in [1.29, 1.82) is 0 Å². The fourth-order valence-corrected chi connectivity index (χ4v) is 2.95. The summed E-state index contributed by atoms with van der Waals surface area (Å²) in [6.45, 7) is -0.323. The zero-order chi connectivity index (χ0) is 18.5. The molecule has 0 aliphatic carbocycles. The quantitative estimate of drug-likeness (QED) is 0.850. The smallest absolute Gasteiger partial charge is 0.387 e. The molecule has 1 N–H and O–H groups in total. The monoisotopic (exact) mass is 363 g/mol. The average Bonchev–Trinajstić information content (AvgIpc) is 2.62. The number of ether oxygens (including phenoxy) is 2. The van der Waals surface area contributed by atoms with Gasteiger partial charge in [-0.3, -0.25) is 4.90 Å². The number of morpholine rings is 1. The molecule has 2 aromatic carbocycles. The maximum atomic E-state index is 12.4. The molecule has 1 aliphatic rings. The molecule has 5 nitrogen and oxygen atoms in total. The first-order chi connectivity index (χ1) is 12.5. The highest BCUT2D eigenvalue weighted by Gasteiger charge is 2.22. The van der Waals surface area contributed by atoms with E-state index in [0.29, 0.717) is 19.7 Å². The number of halogens is 2. The second-order valence-electron chi connectivity index (χ2n) is 6.05. The Hall–Kier alpha value is -2.51. The van der Waals surface area contributed by atoms with Gasteiger partial charge < -0.3 is 14.6 Å². The van der Waals surface area contributed by atoms with Crippen molar-refractivity contribution in [2.45, 2.75) is 19.3 Å². The second-order valence-corrected chi connectivity index (χ2v) is 6.05. The van der Waals surface area contributed by atoms with Gasteiger partial charge >= 0.3 is 12.6 Å². The molecule has 2 aromatic rings. The van der Waals surface area contributed by atoms with Crippen LogP contribution in [0.5, 0.6) is 5.75 Å². The van der Waals surface area contributed by atoms with Crippen molar-refractivity contribution in [3.63, 3.8) is 0 Å². The number of hydrogen-bond donors (Lipinski definition) is 1. The number of aromatic carboxylic acids is 1. The van der Waals surface area contributed by atoms with Gasteiger partial charge in [-0.05, 0) is 35.4 Å². The summed E-state index contributed by atoms with van der Waals surface area (Å²) in [6.07, 6.45) is -0.233. The number of benzene rings is 2. The maximum absolute atomic E-state index is 12.4. The van der Waals surface area contributed by atoms with Crippen LogP contribution in [-0.2, 0) is 11.3 Å². The molecule has 0 saturated carbocycles. The molecule has 0 radical (unpaired) electrons. The lowest BCUT2D eigenvalue weighted by molar-refractivity contribution is -0.0509. The summed E-state index contributed by atoms with van der Waals surface area (Å²) in [6, 6.07) is 13.3. The van der Waals surface area contributed by atoms with Crippen LogP contribution in [0.15, 0.2) is 48.5 Å². The molecule has 1 fully saturated rings. The molecule has 3 rings (SSSR count). The summed E-state index contributed by atoms with van der Waals surface area (Å²) >= 11 is 0. The Kier molecular flexibility index (Phi) is 5.80. The fourth-order valence-electron chi connectivity index (χ4n) is 2.95. The van der Waals surface area contributed by atoms with Gasteiger partial charge in [-0.15, -0.1) is 0 Å². The largest absolute Gasteiger partial charge is 0.478 e. The summed E-state index contributed by atoms with van der Waals surface area (Å²) in [4.78, 5) is 13.1. The Morgan fingerprint density at radius 1 is 1.27 bits per heavy atom. The minimum Gasteiger partial charge on any atom is -0.478 e. The van der Waals surface area contributed by atoms with Crippen molar-refractivity contribution in [1.82, 2.24) is 4.90 Å². The first kappa shape index (κ1) is 18.3. The topological polar surface area (TPSA) is 59.0 Å². The molecule has 1 unspecified atom stereocenters. The minimum absolute atomic E-state index is 0.113. The van der Waals surface area contributed by atoms with E-state index in [4.69, 9.17) is 9.84 Å². The van der Waals surface area contributed by atoms with Gasteiger partial charge in [0.25, 0.3) is 0 Å². The van der Waals surface area contributed by atoms with E-state index in [0.717, 1.165) is 17.7 Å². The van der Waals surface area contributed by atoms with E-state index in [-0.39, 0.29) is 17.4 Å². The molecular formula is C19H19F2NO4. The van der Waals surface area contributed by atoms with Gasteiger partial charge in [0.05, 0.1) is 18.3 Å². The third-order valence-electron chi connectivity index (χ3n) is 4.21. The van der Waals surface area contributed by atoms with Crippen LogP contribution in [-0.4, -0.2) is 42.3 Å². The van der Waals surface area contributed by atoms with Gasteiger partial charge in [-0.25, -0.2) is 4.79 Å². The number of alkyl halides is 2. The van der Waals surface area contributed by atoms with Crippen molar-refractivity contribution < 1.29 is 28.2 Å². The Balaban J connectivity index is 1.64. The van der Waals surface area contributed by atoms with Crippen molar-refractivity contribution in [3.8, 4) is 5.75 Å². The summed E-state index contributed by atoms with van der Waals surface area (Å²) in [5, 5.41) is 8.95. The van der Waals surface area contributed by atoms with Gasteiger partial charge in [-0.2, -0.15) is 8.78 Å². The SMILES string of the molecule is O=C(O)c1ccc(CN2CCOC(c3cccc(OC(F)F)c3)C2)cc1. The van der Waals surface area contributed by atoms with E-state index < -0.39 is 12.6 Å². The van der Waals surface area contributed by atoms with Crippen molar-refractivity contribution in [2.24, 2.45) is 0 Å². The van der Waals surface area contributed by atoms with Gasteiger partial charge in [0.15, 0.2) is 0 Å². The Labute approximate surface area is 149 Å². The number of carboxylic acid groups (broad SMARTS) is 1. The predicted octanol–water partition coefficient (Wildman–Crippen LogP) is 3.56. The number of nitrogens with zero attached hydrogens (tertiary/aromatic N) is 1. The Morgan fingerprint density at radius 3 is 2.73 bits per heavy atom. The van der Waals surface area contributed by atoms with E-state index in [1.54, 1.807) is 36.4 Å². The van der Waals surface area contributed by atoms with Crippen LogP contribution in [0.3, 0.4) is 0 Å². The van der Waals surface area contributed by atoms with Crippen LogP contribution in [0.4, 0.5) is 8.78 Å². The average molecular weight is 363 g/mol. The molecule has 0 spiro atoms. The molecule has 0 bridgehead atoms. The lowest BCUT2D eigenvalue weighted by Crippen LogP contribution is -2.37. The van der Waals surface area contributed by atoms with Crippen molar-refractivity contribution in [2.75, 3.05) is 19.7 Å². The number of hydrogen-bond acceptors (Lipinski definition) is 4. The zero-order valence-corrected chi connectivity index (χ0v) is 14.0. The summed E-state index contributed by atoms with van der Waals surface area (Å²) in [7, 11) is 0. The third kappa shape index (κ3) is 4.77. The highest BCUT2D eigenvalue weighted by molar-refractivity contribution is 5.87. The molecule has 7 heteroatoms. The summed E-state index contributed by atoms with van der Waals surface area (Å²) in [5.41, 5.74) is 2.05. The standard InChI is InChI=1S/C19H19F2NO4/c20-19(21)26-16-3-1-2-15(10-16)17-12-22(8-9-25-17)11-13-4-6-14(7-5-13)18(23)24/h1-7,10,17,19H,8-9,11-12H2,(H,23,24). The summed E-state index contributed by atoms with van der Waals surface area (Å²) in [5.74, 6) is -0.837. The number of rotatable bonds is 6.